The lowest BCUT2D eigenvalue weighted by Gasteiger charge is -2.35. The van der Waals surface area contributed by atoms with Crippen LogP contribution < -0.4 is 14.8 Å². The van der Waals surface area contributed by atoms with Gasteiger partial charge in [-0.15, -0.1) is 11.8 Å². The summed E-state index contributed by atoms with van der Waals surface area (Å²) in [6, 6.07) is 4.79. The lowest BCUT2D eigenvalue weighted by atomic mass is 9.89. The molecule has 0 unspecified atom stereocenters. The predicted molar refractivity (Wildman–Crippen MR) is 84.5 cm³/mol. The smallest absolute Gasteiger partial charge is 0.162 e. The molecule has 116 valence electrons. The summed E-state index contributed by atoms with van der Waals surface area (Å²) < 4.78 is 16.9. The Morgan fingerprint density at radius 3 is 2.62 bits per heavy atom. The Hall–Kier alpha value is -0.910. The maximum Gasteiger partial charge on any atom is 0.162 e. The summed E-state index contributed by atoms with van der Waals surface area (Å²) >= 11 is 1.75. The second kappa shape index (κ2) is 6.90. The van der Waals surface area contributed by atoms with Crippen molar-refractivity contribution >= 4 is 11.8 Å². The molecule has 1 saturated carbocycles. The van der Waals surface area contributed by atoms with Gasteiger partial charge in [0, 0.05) is 24.1 Å². The van der Waals surface area contributed by atoms with Crippen LogP contribution in [-0.4, -0.2) is 38.2 Å². The molecular formula is C16H23NO3S. The van der Waals surface area contributed by atoms with Crippen LogP contribution in [0.15, 0.2) is 17.0 Å². The lowest BCUT2D eigenvalue weighted by Crippen LogP contribution is -2.45. The Labute approximate surface area is 130 Å². The Morgan fingerprint density at radius 2 is 1.95 bits per heavy atom. The van der Waals surface area contributed by atoms with Gasteiger partial charge in [-0.1, -0.05) is 0 Å². The molecule has 0 spiro atoms. The quantitative estimate of drug-likeness (QED) is 0.818. The SMILES string of the molecule is CCOC1CC(NCc2cc3c(cc2SC)OCCO3)C1. The van der Waals surface area contributed by atoms with Gasteiger partial charge in [-0.3, -0.25) is 0 Å². The summed E-state index contributed by atoms with van der Waals surface area (Å²) in [5.74, 6) is 1.74. The van der Waals surface area contributed by atoms with Crippen molar-refractivity contribution in [3.63, 3.8) is 0 Å². The van der Waals surface area contributed by atoms with Gasteiger partial charge in [-0.05, 0) is 43.7 Å². The van der Waals surface area contributed by atoms with Gasteiger partial charge in [0.15, 0.2) is 11.5 Å². The molecule has 1 aliphatic heterocycles. The molecule has 2 aliphatic rings. The van der Waals surface area contributed by atoms with Crippen LogP contribution in [0.3, 0.4) is 0 Å². The fourth-order valence-corrected chi connectivity index (χ4v) is 3.42. The van der Waals surface area contributed by atoms with Crippen LogP contribution in [0.2, 0.25) is 0 Å². The summed E-state index contributed by atoms with van der Waals surface area (Å²) in [4.78, 5) is 1.26. The number of thioether (sulfide) groups is 1. The third kappa shape index (κ3) is 3.47. The van der Waals surface area contributed by atoms with Gasteiger partial charge in [0.2, 0.25) is 0 Å². The number of hydrogen-bond acceptors (Lipinski definition) is 5. The first kappa shape index (κ1) is 15.0. The van der Waals surface area contributed by atoms with Gasteiger partial charge >= 0.3 is 0 Å². The first-order valence-electron chi connectivity index (χ1n) is 7.61. The van der Waals surface area contributed by atoms with Gasteiger partial charge in [-0.2, -0.15) is 0 Å². The van der Waals surface area contributed by atoms with Crippen LogP contribution >= 0.6 is 11.8 Å². The summed E-state index contributed by atoms with van der Waals surface area (Å²) in [5.41, 5.74) is 1.28. The minimum atomic E-state index is 0.452. The molecule has 1 aromatic rings. The molecule has 1 N–H and O–H groups in total. The number of ether oxygens (including phenoxy) is 3. The number of rotatable bonds is 6. The minimum absolute atomic E-state index is 0.452. The summed E-state index contributed by atoms with van der Waals surface area (Å²) in [7, 11) is 0. The van der Waals surface area contributed by atoms with E-state index in [-0.39, 0.29) is 0 Å². The molecule has 1 aromatic carbocycles. The third-order valence-corrected chi connectivity index (χ3v) is 4.84. The van der Waals surface area contributed by atoms with E-state index in [9.17, 15) is 0 Å². The summed E-state index contributed by atoms with van der Waals surface area (Å²) in [5, 5.41) is 3.62. The molecule has 0 bridgehead atoms. The first-order valence-corrected chi connectivity index (χ1v) is 8.84. The van der Waals surface area contributed by atoms with Crippen molar-refractivity contribution in [3.05, 3.63) is 17.7 Å². The average Bonchev–Trinajstić information content (AvgIpc) is 2.48. The highest BCUT2D eigenvalue weighted by Crippen LogP contribution is 2.36. The molecule has 21 heavy (non-hydrogen) atoms. The number of hydrogen-bond donors (Lipinski definition) is 1. The molecule has 1 aliphatic carbocycles. The Balaban J connectivity index is 1.60. The fourth-order valence-electron chi connectivity index (χ4n) is 2.80. The Bertz CT molecular complexity index is 489. The van der Waals surface area contributed by atoms with Crippen LogP contribution in [0, 0.1) is 0 Å². The van der Waals surface area contributed by atoms with Crippen molar-refractivity contribution in [2.45, 2.75) is 43.4 Å². The van der Waals surface area contributed by atoms with Crippen LogP contribution in [0.25, 0.3) is 0 Å². The van der Waals surface area contributed by atoms with Crippen LogP contribution in [0.5, 0.6) is 11.5 Å². The molecule has 0 saturated heterocycles. The topological polar surface area (TPSA) is 39.7 Å². The Morgan fingerprint density at radius 1 is 1.24 bits per heavy atom. The summed E-state index contributed by atoms with van der Waals surface area (Å²) in [6.45, 7) is 5.02. The van der Waals surface area contributed by atoms with Crippen molar-refractivity contribution in [1.29, 1.82) is 0 Å². The molecule has 0 amide bonds. The van der Waals surface area contributed by atoms with E-state index >= 15 is 0 Å². The highest BCUT2D eigenvalue weighted by molar-refractivity contribution is 7.98. The summed E-state index contributed by atoms with van der Waals surface area (Å²) in [6.07, 6.45) is 4.79. The zero-order valence-corrected chi connectivity index (χ0v) is 13.5. The van der Waals surface area contributed by atoms with Crippen molar-refractivity contribution in [2.24, 2.45) is 0 Å². The van der Waals surface area contributed by atoms with E-state index in [1.54, 1.807) is 11.8 Å². The normalized spacial score (nSPS) is 23.7. The van der Waals surface area contributed by atoms with Crippen molar-refractivity contribution in [1.82, 2.24) is 5.32 Å². The molecular weight excluding hydrogens is 286 g/mol. The largest absolute Gasteiger partial charge is 0.486 e. The standard InChI is InChI=1S/C16H23NO3S/c1-3-18-13-7-12(8-13)17-10-11-6-14-15(9-16(11)21-2)20-5-4-19-14/h6,9,12-13,17H,3-5,7-8,10H2,1-2H3. The van der Waals surface area contributed by atoms with Crippen LogP contribution in [0.1, 0.15) is 25.3 Å². The van der Waals surface area contributed by atoms with Crippen LogP contribution in [0.4, 0.5) is 0 Å². The maximum absolute atomic E-state index is 5.68. The predicted octanol–water partition coefficient (Wildman–Crippen LogP) is 2.84. The van der Waals surface area contributed by atoms with E-state index in [1.807, 2.05) is 0 Å². The zero-order valence-electron chi connectivity index (χ0n) is 12.7. The van der Waals surface area contributed by atoms with E-state index in [4.69, 9.17) is 14.2 Å². The lowest BCUT2D eigenvalue weighted by molar-refractivity contribution is -0.0102. The highest BCUT2D eigenvalue weighted by Gasteiger charge is 2.29. The van der Waals surface area contributed by atoms with E-state index in [2.05, 4.69) is 30.6 Å². The highest BCUT2D eigenvalue weighted by atomic mass is 32.2. The molecule has 1 heterocycles. The fraction of sp³-hybridized carbons (Fsp3) is 0.625. The van der Waals surface area contributed by atoms with E-state index < -0.39 is 0 Å². The minimum Gasteiger partial charge on any atom is -0.486 e. The molecule has 1 fully saturated rings. The van der Waals surface area contributed by atoms with Gasteiger partial charge < -0.3 is 19.5 Å². The van der Waals surface area contributed by atoms with Gasteiger partial charge in [-0.25, -0.2) is 0 Å². The number of benzene rings is 1. The molecule has 0 aromatic heterocycles. The first-order chi connectivity index (χ1) is 10.3. The molecule has 4 nitrogen and oxygen atoms in total. The molecule has 0 radical (unpaired) electrons. The van der Waals surface area contributed by atoms with Crippen molar-refractivity contribution in [2.75, 3.05) is 26.1 Å². The molecule has 3 rings (SSSR count). The molecule has 5 heteroatoms. The third-order valence-electron chi connectivity index (χ3n) is 4.02. The van der Waals surface area contributed by atoms with Gasteiger partial charge in [0.25, 0.3) is 0 Å². The van der Waals surface area contributed by atoms with Crippen molar-refractivity contribution in [3.8, 4) is 11.5 Å². The Kier molecular flexibility index (Phi) is 4.93. The van der Waals surface area contributed by atoms with E-state index in [0.29, 0.717) is 25.4 Å². The second-order valence-electron chi connectivity index (χ2n) is 5.43. The maximum atomic E-state index is 5.68. The van der Waals surface area contributed by atoms with Gasteiger partial charge in [0.1, 0.15) is 13.2 Å². The molecule has 0 atom stereocenters. The number of fused-ring (bicyclic) bond motifs is 1. The van der Waals surface area contributed by atoms with E-state index in [0.717, 1.165) is 37.5 Å². The van der Waals surface area contributed by atoms with Crippen LogP contribution in [-0.2, 0) is 11.3 Å². The second-order valence-corrected chi connectivity index (χ2v) is 6.28. The van der Waals surface area contributed by atoms with Gasteiger partial charge in [0.05, 0.1) is 6.10 Å². The monoisotopic (exact) mass is 309 g/mol. The number of nitrogens with one attached hydrogen (secondary N) is 1. The van der Waals surface area contributed by atoms with E-state index in [1.165, 1.54) is 10.5 Å². The average molecular weight is 309 g/mol. The van der Waals surface area contributed by atoms with Crippen molar-refractivity contribution < 1.29 is 14.2 Å². The zero-order chi connectivity index (χ0) is 14.7.